The number of piperazine rings is 1. The molecule has 1 rings (SSSR count). The minimum absolute atomic E-state index is 0.0171. The highest BCUT2D eigenvalue weighted by Crippen LogP contribution is 2.04. The number of hydrogen-bond acceptors (Lipinski definition) is 4. The highest BCUT2D eigenvalue weighted by Gasteiger charge is 2.23. The zero-order valence-corrected chi connectivity index (χ0v) is 10.5. The molecular weight excluding hydrogens is 224 g/mol. The Morgan fingerprint density at radius 2 is 1.47 bits per heavy atom. The second kappa shape index (κ2) is 7.24. The lowest BCUT2D eigenvalue weighted by molar-refractivity contribution is -0.142. The van der Waals surface area contributed by atoms with E-state index in [-0.39, 0.29) is 18.4 Å². The molecule has 0 atom stereocenters. The number of rotatable bonds is 5. The maximum atomic E-state index is 11.7. The van der Waals surface area contributed by atoms with Crippen molar-refractivity contribution < 1.29 is 19.1 Å². The Bertz CT molecular complexity index is 262. The minimum atomic E-state index is -0.0171. The van der Waals surface area contributed by atoms with E-state index in [4.69, 9.17) is 9.47 Å². The smallest absolute Gasteiger partial charge is 0.248 e. The molecular formula is C11H20N2O4. The predicted molar refractivity (Wildman–Crippen MR) is 61.5 cm³/mol. The fourth-order valence-corrected chi connectivity index (χ4v) is 1.77. The van der Waals surface area contributed by atoms with Gasteiger partial charge in [0.2, 0.25) is 11.8 Å². The Balaban J connectivity index is 2.30. The summed E-state index contributed by atoms with van der Waals surface area (Å²) in [5.41, 5.74) is 0. The van der Waals surface area contributed by atoms with Gasteiger partial charge in [-0.15, -0.1) is 0 Å². The molecule has 1 saturated heterocycles. The van der Waals surface area contributed by atoms with Crippen LogP contribution in [0.1, 0.15) is 6.42 Å². The molecule has 0 aliphatic carbocycles. The third kappa shape index (κ3) is 4.32. The largest absolute Gasteiger partial charge is 0.384 e. The summed E-state index contributed by atoms with van der Waals surface area (Å²) in [6.45, 7) is 2.91. The van der Waals surface area contributed by atoms with Crippen molar-refractivity contribution in [2.45, 2.75) is 6.42 Å². The first-order valence-corrected chi connectivity index (χ1v) is 5.72. The van der Waals surface area contributed by atoms with E-state index in [1.54, 1.807) is 16.9 Å². The van der Waals surface area contributed by atoms with Crippen molar-refractivity contribution in [3.8, 4) is 0 Å². The number of carbonyl (C=O) groups is 2. The average Bonchev–Trinajstić information content (AvgIpc) is 2.36. The normalized spacial score (nSPS) is 16.1. The summed E-state index contributed by atoms with van der Waals surface area (Å²) in [6.07, 6.45) is 0.405. The van der Waals surface area contributed by atoms with Crippen molar-refractivity contribution in [2.24, 2.45) is 0 Å². The van der Waals surface area contributed by atoms with Gasteiger partial charge >= 0.3 is 0 Å². The third-order valence-electron chi connectivity index (χ3n) is 2.77. The van der Waals surface area contributed by atoms with Crippen LogP contribution in [-0.2, 0) is 19.1 Å². The van der Waals surface area contributed by atoms with E-state index in [1.165, 1.54) is 7.11 Å². The van der Waals surface area contributed by atoms with Crippen LogP contribution in [0.5, 0.6) is 0 Å². The molecule has 0 aromatic carbocycles. The van der Waals surface area contributed by atoms with Crippen LogP contribution in [0.15, 0.2) is 0 Å². The van der Waals surface area contributed by atoms with E-state index in [9.17, 15) is 9.59 Å². The number of hydrogen-bond donors (Lipinski definition) is 0. The van der Waals surface area contributed by atoms with E-state index in [0.717, 1.165) is 0 Å². The zero-order valence-electron chi connectivity index (χ0n) is 10.5. The van der Waals surface area contributed by atoms with Gasteiger partial charge in [-0.25, -0.2) is 0 Å². The van der Waals surface area contributed by atoms with Crippen molar-refractivity contribution in [2.75, 3.05) is 53.6 Å². The first-order chi connectivity index (χ1) is 8.19. The molecule has 0 N–H and O–H groups in total. The number of methoxy groups -OCH3 is 2. The van der Waals surface area contributed by atoms with Crippen LogP contribution in [-0.4, -0.2) is 75.2 Å². The van der Waals surface area contributed by atoms with Crippen LogP contribution in [0.2, 0.25) is 0 Å². The summed E-state index contributed by atoms with van der Waals surface area (Å²) in [6, 6.07) is 0. The van der Waals surface area contributed by atoms with E-state index < -0.39 is 0 Å². The molecule has 0 aromatic heterocycles. The molecule has 1 aliphatic rings. The van der Waals surface area contributed by atoms with Crippen LogP contribution in [0.25, 0.3) is 0 Å². The van der Waals surface area contributed by atoms with E-state index in [2.05, 4.69) is 0 Å². The maximum absolute atomic E-state index is 11.7. The molecule has 6 nitrogen and oxygen atoms in total. The van der Waals surface area contributed by atoms with Crippen LogP contribution >= 0.6 is 0 Å². The first-order valence-electron chi connectivity index (χ1n) is 5.72. The molecule has 6 heteroatoms. The van der Waals surface area contributed by atoms with E-state index in [0.29, 0.717) is 39.2 Å². The zero-order chi connectivity index (χ0) is 12.7. The number of carbonyl (C=O) groups excluding carboxylic acids is 2. The standard InChI is InChI=1S/C11H20N2O4/c1-16-8-3-10(14)12-4-6-13(7-5-12)11(15)9-17-2/h3-9H2,1-2H3. The molecule has 17 heavy (non-hydrogen) atoms. The van der Waals surface area contributed by atoms with Crippen LogP contribution < -0.4 is 0 Å². The molecule has 0 radical (unpaired) electrons. The highest BCUT2D eigenvalue weighted by molar-refractivity contribution is 5.79. The van der Waals surface area contributed by atoms with Crippen molar-refractivity contribution >= 4 is 11.8 Å². The molecule has 1 aliphatic heterocycles. The maximum Gasteiger partial charge on any atom is 0.248 e. The summed E-state index contributed by atoms with van der Waals surface area (Å²) in [4.78, 5) is 26.7. The fraction of sp³-hybridized carbons (Fsp3) is 0.818. The average molecular weight is 244 g/mol. The van der Waals surface area contributed by atoms with Crippen LogP contribution in [0.4, 0.5) is 0 Å². The van der Waals surface area contributed by atoms with Gasteiger partial charge in [-0.2, -0.15) is 0 Å². The summed E-state index contributed by atoms with van der Waals surface area (Å²) in [5, 5.41) is 0. The van der Waals surface area contributed by atoms with Crippen molar-refractivity contribution in [1.82, 2.24) is 9.80 Å². The van der Waals surface area contributed by atoms with Crippen LogP contribution in [0, 0.1) is 0 Å². The Morgan fingerprint density at radius 3 is 1.94 bits per heavy atom. The lowest BCUT2D eigenvalue weighted by Gasteiger charge is -2.34. The fourth-order valence-electron chi connectivity index (χ4n) is 1.77. The summed E-state index contributed by atoms with van der Waals surface area (Å²) >= 11 is 0. The Hall–Kier alpha value is -1.14. The van der Waals surface area contributed by atoms with Gasteiger partial charge in [-0.3, -0.25) is 9.59 Å². The molecule has 0 unspecified atom stereocenters. The Morgan fingerprint density at radius 1 is 0.941 bits per heavy atom. The van der Waals surface area contributed by atoms with Crippen molar-refractivity contribution in [3.63, 3.8) is 0 Å². The first kappa shape index (κ1) is 13.9. The minimum Gasteiger partial charge on any atom is -0.384 e. The molecule has 1 heterocycles. The Labute approximate surface area is 101 Å². The van der Waals surface area contributed by atoms with Gasteiger partial charge in [-0.05, 0) is 0 Å². The molecule has 0 spiro atoms. The van der Waals surface area contributed by atoms with Gasteiger partial charge in [0, 0.05) is 40.4 Å². The molecule has 0 saturated carbocycles. The predicted octanol–water partition coefficient (Wildman–Crippen LogP) is -0.660. The lowest BCUT2D eigenvalue weighted by Crippen LogP contribution is -2.51. The lowest BCUT2D eigenvalue weighted by atomic mass is 10.3. The van der Waals surface area contributed by atoms with Gasteiger partial charge in [-0.1, -0.05) is 0 Å². The third-order valence-corrected chi connectivity index (χ3v) is 2.77. The van der Waals surface area contributed by atoms with Gasteiger partial charge in [0.15, 0.2) is 0 Å². The molecule has 1 fully saturated rings. The summed E-state index contributed by atoms with van der Waals surface area (Å²) in [7, 11) is 3.08. The molecule has 98 valence electrons. The molecule has 0 aromatic rings. The van der Waals surface area contributed by atoms with Gasteiger partial charge in [0.05, 0.1) is 13.0 Å². The number of ether oxygens (including phenoxy) is 2. The van der Waals surface area contributed by atoms with Crippen molar-refractivity contribution in [1.29, 1.82) is 0 Å². The SMILES string of the molecule is COCCC(=O)N1CCN(C(=O)COC)CC1. The molecule has 0 bridgehead atoms. The summed E-state index contributed by atoms with van der Waals surface area (Å²) < 4.78 is 9.66. The Kier molecular flexibility index (Phi) is 5.93. The number of nitrogens with zero attached hydrogens (tertiary/aromatic N) is 2. The monoisotopic (exact) mass is 244 g/mol. The van der Waals surface area contributed by atoms with E-state index in [1.807, 2.05) is 0 Å². The van der Waals surface area contributed by atoms with Crippen LogP contribution in [0.3, 0.4) is 0 Å². The topological polar surface area (TPSA) is 59.1 Å². The molecule has 2 amide bonds. The second-order valence-corrected chi connectivity index (χ2v) is 3.94. The summed E-state index contributed by atoms with van der Waals surface area (Å²) in [5.74, 6) is 0.0715. The quantitative estimate of drug-likeness (QED) is 0.644. The van der Waals surface area contributed by atoms with Gasteiger partial charge in [0.25, 0.3) is 0 Å². The van der Waals surface area contributed by atoms with E-state index >= 15 is 0 Å². The van der Waals surface area contributed by atoms with Crippen molar-refractivity contribution in [3.05, 3.63) is 0 Å². The highest BCUT2D eigenvalue weighted by atomic mass is 16.5. The van der Waals surface area contributed by atoms with Gasteiger partial charge < -0.3 is 19.3 Å². The second-order valence-electron chi connectivity index (χ2n) is 3.94. The van der Waals surface area contributed by atoms with Gasteiger partial charge in [0.1, 0.15) is 6.61 Å². The number of amides is 2.